The molecule has 1 aromatic carbocycles. The minimum atomic E-state index is -0.426. The van der Waals surface area contributed by atoms with Crippen LogP contribution < -0.4 is 5.32 Å². The second-order valence-electron chi connectivity index (χ2n) is 6.01. The average molecular weight is 312 g/mol. The molecule has 0 radical (unpaired) electrons. The second kappa shape index (κ2) is 5.57. The normalized spacial score (nSPS) is 21.5. The molecule has 0 saturated heterocycles. The molecule has 1 N–H and O–H groups in total. The summed E-state index contributed by atoms with van der Waals surface area (Å²) in [5.41, 5.74) is 0.509. The molecule has 2 aliphatic rings. The Bertz CT molecular complexity index is 519. The summed E-state index contributed by atoms with van der Waals surface area (Å²) >= 11 is 12.3. The minimum absolute atomic E-state index is 0.153. The van der Waals surface area contributed by atoms with Gasteiger partial charge in [-0.05, 0) is 43.4 Å². The molecule has 0 spiro atoms. The molecule has 0 aliphatic heterocycles. The zero-order valence-electron chi connectivity index (χ0n) is 11.4. The fourth-order valence-corrected chi connectivity index (χ4v) is 4.01. The first-order valence-corrected chi connectivity index (χ1v) is 8.14. The third-order valence-electron chi connectivity index (χ3n) is 4.78. The van der Waals surface area contributed by atoms with Gasteiger partial charge in [-0.25, -0.2) is 0 Å². The summed E-state index contributed by atoms with van der Waals surface area (Å²) in [6, 6.07) is 5.83. The monoisotopic (exact) mass is 311 g/mol. The van der Waals surface area contributed by atoms with Crippen LogP contribution in [0.1, 0.15) is 50.5 Å². The zero-order chi connectivity index (χ0) is 14.2. The van der Waals surface area contributed by atoms with Crippen molar-refractivity contribution in [2.45, 2.75) is 56.4 Å². The summed E-state index contributed by atoms with van der Waals surface area (Å²) < 4.78 is 0. The molecular formula is C16H19Cl2NO. The largest absolute Gasteiger partial charge is 0.353 e. The molecule has 0 bridgehead atoms. The number of hydrogen-bond acceptors (Lipinski definition) is 1. The Balaban J connectivity index is 1.84. The van der Waals surface area contributed by atoms with Crippen molar-refractivity contribution in [2.24, 2.45) is 0 Å². The van der Waals surface area contributed by atoms with Crippen molar-refractivity contribution in [1.29, 1.82) is 0 Å². The van der Waals surface area contributed by atoms with E-state index in [4.69, 9.17) is 23.2 Å². The van der Waals surface area contributed by atoms with E-state index in [0.717, 1.165) is 37.7 Å². The second-order valence-corrected chi connectivity index (χ2v) is 6.86. The van der Waals surface area contributed by atoms with E-state index in [1.54, 1.807) is 6.07 Å². The molecule has 3 rings (SSSR count). The van der Waals surface area contributed by atoms with Gasteiger partial charge in [-0.2, -0.15) is 0 Å². The van der Waals surface area contributed by atoms with Gasteiger partial charge in [0.05, 0.1) is 5.41 Å². The number of rotatable bonds is 3. The van der Waals surface area contributed by atoms with Gasteiger partial charge in [0.25, 0.3) is 0 Å². The van der Waals surface area contributed by atoms with Crippen LogP contribution in [-0.4, -0.2) is 11.9 Å². The van der Waals surface area contributed by atoms with Gasteiger partial charge in [0.1, 0.15) is 0 Å². The van der Waals surface area contributed by atoms with E-state index in [2.05, 4.69) is 5.32 Å². The highest BCUT2D eigenvalue weighted by Gasteiger charge is 2.47. The number of carbonyl (C=O) groups is 1. The summed E-state index contributed by atoms with van der Waals surface area (Å²) in [5.74, 6) is 0.153. The van der Waals surface area contributed by atoms with Crippen molar-refractivity contribution < 1.29 is 4.79 Å². The molecule has 2 nitrogen and oxygen atoms in total. The lowest BCUT2D eigenvalue weighted by Crippen LogP contribution is -2.51. The van der Waals surface area contributed by atoms with E-state index < -0.39 is 5.41 Å². The quantitative estimate of drug-likeness (QED) is 0.876. The first kappa shape index (κ1) is 14.2. The molecule has 0 unspecified atom stereocenters. The lowest BCUT2D eigenvalue weighted by Gasteiger charge is -2.42. The van der Waals surface area contributed by atoms with Crippen molar-refractivity contribution in [2.75, 3.05) is 0 Å². The molecule has 108 valence electrons. The van der Waals surface area contributed by atoms with Gasteiger partial charge < -0.3 is 5.32 Å². The van der Waals surface area contributed by atoms with Crippen molar-refractivity contribution in [1.82, 2.24) is 5.32 Å². The van der Waals surface area contributed by atoms with Crippen LogP contribution in [0.4, 0.5) is 0 Å². The summed E-state index contributed by atoms with van der Waals surface area (Å²) in [6.07, 6.45) is 7.50. The fraction of sp³-hybridized carbons (Fsp3) is 0.562. The summed E-state index contributed by atoms with van der Waals surface area (Å²) in [5, 5.41) is 4.46. The van der Waals surface area contributed by atoms with Gasteiger partial charge in [-0.3, -0.25) is 4.79 Å². The molecule has 1 amide bonds. The van der Waals surface area contributed by atoms with Crippen molar-refractivity contribution in [3.63, 3.8) is 0 Å². The van der Waals surface area contributed by atoms with Crippen LogP contribution in [0.25, 0.3) is 0 Å². The molecule has 20 heavy (non-hydrogen) atoms. The molecule has 0 heterocycles. The lowest BCUT2D eigenvalue weighted by atomic mass is 9.63. The maximum Gasteiger partial charge on any atom is 0.230 e. The van der Waals surface area contributed by atoms with E-state index >= 15 is 0 Å². The maximum absolute atomic E-state index is 12.7. The molecular weight excluding hydrogens is 293 g/mol. The van der Waals surface area contributed by atoms with Gasteiger partial charge in [-0.15, -0.1) is 0 Å². The summed E-state index contributed by atoms with van der Waals surface area (Å²) in [6.45, 7) is 0. The molecule has 2 saturated carbocycles. The third-order valence-corrected chi connectivity index (χ3v) is 5.33. The smallest absolute Gasteiger partial charge is 0.230 e. The van der Waals surface area contributed by atoms with Gasteiger partial charge in [0.15, 0.2) is 0 Å². The Kier molecular flexibility index (Phi) is 3.96. The first-order valence-electron chi connectivity index (χ1n) is 7.38. The van der Waals surface area contributed by atoms with Crippen molar-refractivity contribution in [3.05, 3.63) is 33.8 Å². The van der Waals surface area contributed by atoms with Crippen molar-refractivity contribution >= 4 is 29.1 Å². The number of halogens is 2. The highest BCUT2D eigenvalue weighted by molar-refractivity contribution is 6.35. The van der Waals surface area contributed by atoms with Crippen LogP contribution in [0.15, 0.2) is 18.2 Å². The van der Waals surface area contributed by atoms with Gasteiger partial charge in [0.2, 0.25) is 5.91 Å². The Morgan fingerprint density at radius 3 is 2.40 bits per heavy atom. The SMILES string of the molecule is O=C(NC1CCCC1)C1(c2ccc(Cl)cc2Cl)CCC1. The fourth-order valence-electron chi connectivity index (χ4n) is 3.42. The number of amides is 1. The third kappa shape index (κ3) is 2.44. The highest BCUT2D eigenvalue weighted by atomic mass is 35.5. The van der Waals surface area contributed by atoms with Crippen LogP contribution >= 0.6 is 23.2 Å². The highest BCUT2D eigenvalue weighted by Crippen LogP contribution is 2.47. The van der Waals surface area contributed by atoms with Gasteiger partial charge in [0, 0.05) is 16.1 Å². The first-order chi connectivity index (χ1) is 9.62. The predicted octanol–water partition coefficient (Wildman–Crippen LogP) is 4.47. The zero-order valence-corrected chi connectivity index (χ0v) is 12.9. The van der Waals surface area contributed by atoms with E-state index in [1.165, 1.54) is 12.8 Å². The molecule has 2 aliphatic carbocycles. The number of nitrogens with one attached hydrogen (secondary N) is 1. The number of carbonyl (C=O) groups excluding carboxylic acids is 1. The molecule has 0 atom stereocenters. The Morgan fingerprint density at radius 2 is 1.85 bits per heavy atom. The van der Waals surface area contributed by atoms with E-state index in [1.807, 2.05) is 12.1 Å². The van der Waals surface area contributed by atoms with E-state index in [0.29, 0.717) is 16.1 Å². The predicted molar refractivity (Wildman–Crippen MR) is 82.4 cm³/mol. The molecule has 0 aromatic heterocycles. The van der Waals surface area contributed by atoms with Gasteiger partial charge in [-0.1, -0.05) is 48.5 Å². The van der Waals surface area contributed by atoms with E-state index in [9.17, 15) is 4.79 Å². The average Bonchev–Trinajstić information content (AvgIpc) is 2.83. The number of benzene rings is 1. The Hall–Kier alpha value is -0.730. The molecule has 4 heteroatoms. The van der Waals surface area contributed by atoms with Crippen molar-refractivity contribution in [3.8, 4) is 0 Å². The Labute approximate surface area is 129 Å². The van der Waals surface area contributed by atoms with E-state index in [-0.39, 0.29) is 5.91 Å². The number of hydrogen-bond donors (Lipinski definition) is 1. The van der Waals surface area contributed by atoms with Crippen LogP contribution in [0.3, 0.4) is 0 Å². The molecule has 2 fully saturated rings. The lowest BCUT2D eigenvalue weighted by molar-refractivity contribution is -0.130. The van der Waals surface area contributed by atoms with Crippen LogP contribution in [0, 0.1) is 0 Å². The van der Waals surface area contributed by atoms with Crippen LogP contribution in [-0.2, 0) is 10.2 Å². The topological polar surface area (TPSA) is 29.1 Å². The van der Waals surface area contributed by atoms with Crippen LogP contribution in [0.5, 0.6) is 0 Å². The standard InChI is InChI=1S/C16H19Cl2NO/c17-11-6-7-13(14(18)10-11)16(8-3-9-16)15(20)19-12-4-1-2-5-12/h6-7,10,12H,1-5,8-9H2,(H,19,20). The molecule has 1 aromatic rings. The summed E-state index contributed by atoms with van der Waals surface area (Å²) in [7, 11) is 0. The maximum atomic E-state index is 12.7. The minimum Gasteiger partial charge on any atom is -0.353 e. The van der Waals surface area contributed by atoms with Gasteiger partial charge >= 0.3 is 0 Å². The summed E-state index contributed by atoms with van der Waals surface area (Å²) in [4.78, 5) is 12.7. The van der Waals surface area contributed by atoms with Crippen LogP contribution in [0.2, 0.25) is 10.0 Å². The Morgan fingerprint density at radius 1 is 1.15 bits per heavy atom.